The molecule has 2 heterocycles. The molecule has 0 saturated heterocycles. The minimum atomic E-state index is -0.451. The van der Waals surface area contributed by atoms with Gasteiger partial charge in [0.25, 0.3) is 0 Å². The second-order valence-corrected chi connectivity index (χ2v) is 4.39. The van der Waals surface area contributed by atoms with Crippen molar-refractivity contribution in [1.29, 1.82) is 0 Å². The van der Waals surface area contributed by atoms with Crippen molar-refractivity contribution in [3.63, 3.8) is 0 Å². The topological polar surface area (TPSA) is 83.0 Å². The Balaban J connectivity index is 1.97. The monoisotopic (exact) mass is 274 g/mol. The quantitative estimate of drug-likeness (QED) is 0.832. The summed E-state index contributed by atoms with van der Waals surface area (Å²) in [6.07, 6.45) is 2.97. The maximum atomic E-state index is 12.0. The molecule has 6 heteroatoms. The Labute approximate surface area is 117 Å². The van der Waals surface area contributed by atoms with Gasteiger partial charge in [0.05, 0.1) is 18.0 Å². The van der Waals surface area contributed by atoms with Crippen LogP contribution in [0, 0.1) is 0 Å². The molecule has 2 aromatic rings. The summed E-state index contributed by atoms with van der Waals surface area (Å²) in [7, 11) is 1.69. The number of aromatic nitrogens is 3. The summed E-state index contributed by atoms with van der Waals surface area (Å²) in [5.74, 6) is -0.451. The van der Waals surface area contributed by atoms with Crippen LogP contribution in [0.4, 0.5) is 5.69 Å². The van der Waals surface area contributed by atoms with Crippen molar-refractivity contribution in [2.75, 3.05) is 12.3 Å². The Morgan fingerprint density at radius 3 is 2.85 bits per heavy atom. The average Bonchev–Trinajstić information content (AvgIpc) is 2.74. The summed E-state index contributed by atoms with van der Waals surface area (Å²) in [5.41, 5.74) is 8.21. The summed E-state index contributed by atoms with van der Waals surface area (Å²) in [6, 6.07) is 5.64. The van der Waals surface area contributed by atoms with Gasteiger partial charge in [-0.05, 0) is 18.6 Å². The number of aryl methyl sites for hydroxylation is 2. The second-order valence-electron chi connectivity index (χ2n) is 4.39. The summed E-state index contributed by atoms with van der Waals surface area (Å²) < 4.78 is 6.70. The predicted octanol–water partition coefficient (Wildman–Crippen LogP) is 1.36. The molecular weight excluding hydrogens is 256 g/mol. The smallest absolute Gasteiger partial charge is 0.358 e. The molecule has 0 unspecified atom stereocenters. The number of nitrogens with zero attached hydrogens (tertiary/aromatic N) is 3. The lowest BCUT2D eigenvalue weighted by Gasteiger charge is -2.05. The molecule has 0 bridgehead atoms. The lowest BCUT2D eigenvalue weighted by molar-refractivity contribution is 0.0497. The summed E-state index contributed by atoms with van der Waals surface area (Å²) in [4.78, 5) is 16.2. The Morgan fingerprint density at radius 1 is 1.45 bits per heavy atom. The third-order valence-electron chi connectivity index (χ3n) is 3.01. The molecular formula is C14H18N4O2. The molecule has 0 amide bonds. The number of carbonyl (C=O) groups is 1. The highest BCUT2D eigenvalue weighted by molar-refractivity contribution is 5.93. The molecule has 106 valence electrons. The number of rotatable bonds is 5. The molecule has 0 spiro atoms. The number of nitrogen functional groups attached to an aromatic ring is 1. The van der Waals surface area contributed by atoms with Crippen LogP contribution in [0.5, 0.6) is 0 Å². The van der Waals surface area contributed by atoms with Crippen LogP contribution in [0.15, 0.2) is 24.4 Å². The van der Waals surface area contributed by atoms with Gasteiger partial charge >= 0.3 is 5.97 Å². The van der Waals surface area contributed by atoms with Gasteiger partial charge in [-0.2, -0.15) is 5.10 Å². The number of hydrogen-bond acceptors (Lipinski definition) is 5. The highest BCUT2D eigenvalue weighted by Crippen LogP contribution is 2.17. The highest BCUT2D eigenvalue weighted by atomic mass is 16.5. The van der Waals surface area contributed by atoms with Gasteiger partial charge in [-0.15, -0.1) is 0 Å². The molecule has 0 atom stereocenters. The standard InChI is InChI=1S/C14H18N4O2/c1-3-11-12(15)13(18(2)17-11)14(19)20-9-7-10-6-4-5-8-16-10/h4-6,8H,3,7,9,15H2,1-2H3. The molecule has 0 aliphatic carbocycles. The molecule has 2 rings (SSSR count). The van der Waals surface area contributed by atoms with Gasteiger partial charge in [0, 0.05) is 25.4 Å². The zero-order valence-electron chi connectivity index (χ0n) is 11.7. The van der Waals surface area contributed by atoms with Crippen LogP contribution < -0.4 is 5.73 Å². The lowest BCUT2D eigenvalue weighted by Crippen LogP contribution is -2.14. The molecule has 0 aliphatic heterocycles. The van der Waals surface area contributed by atoms with Crippen molar-refractivity contribution in [2.45, 2.75) is 19.8 Å². The maximum absolute atomic E-state index is 12.0. The number of nitrogens with two attached hydrogens (primary N) is 1. The van der Waals surface area contributed by atoms with Crippen molar-refractivity contribution in [3.8, 4) is 0 Å². The molecule has 0 fully saturated rings. The average molecular weight is 274 g/mol. The Kier molecular flexibility index (Phi) is 4.34. The zero-order valence-corrected chi connectivity index (χ0v) is 11.7. The van der Waals surface area contributed by atoms with Crippen molar-refractivity contribution in [1.82, 2.24) is 14.8 Å². The fraction of sp³-hybridized carbons (Fsp3) is 0.357. The zero-order chi connectivity index (χ0) is 14.5. The fourth-order valence-corrected chi connectivity index (χ4v) is 1.96. The second kappa shape index (κ2) is 6.18. The molecule has 0 saturated carbocycles. The summed E-state index contributed by atoms with van der Waals surface area (Å²) in [6.45, 7) is 2.21. The first-order chi connectivity index (χ1) is 9.63. The summed E-state index contributed by atoms with van der Waals surface area (Å²) >= 11 is 0. The van der Waals surface area contributed by atoms with Crippen molar-refractivity contribution in [3.05, 3.63) is 41.5 Å². The van der Waals surface area contributed by atoms with E-state index < -0.39 is 5.97 Å². The molecule has 0 radical (unpaired) electrons. The number of esters is 1. The van der Waals surface area contributed by atoms with Crippen LogP contribution in [0.1, 0.15) is 28.8 Å². The molecule has 0 aromatic carbocycles. The van der Waals surface area contributed by atoms with Crippen molar-refractivity contribution in [2.24, 2.45) is 7.05 Å². The van der Waals surface area contributed by atoms with Gasteiger partial charge in [-0.1, -0.05) is 13.0 Å². The molecule has 2 N–H and O–H groups in total. The SMILES string of the molecule is CCc1nn(C)c(C(=O)OCCc2ccccn2)c1N. The number of pyridine rings is 1. The first-order valence-corrected chi connectivity index (χ1v) is 6.51. The number of anilines is 1. The molecule has 2 aromatic heterocycles. The van der Waals surface area contributed by atoms with Crippen LogP contribution in [0.3, 0.4) is 0 Å². The third-order valence-corrected chi connectivity index (χ3v) is 3.01. The largest absolute Gasteiger partial charge is 0.461 e. The normalized spacial score (nSPS) is 10.5. The minimum Gasteiger partial charge on any atom is -0.461 e. The van der Waals surface area contributed by atoms with E-state index in [4.69, 9.17) is 10.5 Å². The van der Waals surface area contributed by atoms with Gasteiger partial charge in [-0.25, -0.2) is 4.79 Å². The molecule has 0 aliphatic rings. The van der Waals surface area contributed by atoms with Crippen LogP contribution in [-0.2, 0) is 24.6 Å². The maximum Gasteiger partial charge on any atom is 0.358 e. The Morgan fingerprint density at radius 2 is 2.25 bits per heavy atom. The number of hydrogen-bond donors (Lipinski definition) is 1. The van der Waals surface area contributed by atoms with Crippen LogP contribution in [0.25, 0.3) is 0 Å². The first kappa shape index (κ1) is 14.0. The predicted molar refractivity (Wildman–Crippen MR) is 75.2 cm³/mol. The van der Waals surface area contributed by atoms with E-state index in [9.17, 15) is 4.79 Å². The third kappa shape index (κ3) is 2.96. The van der Waals surface area contributed by atoms with E-state index in [0.29, 0.717) is 29.9 Å². The van der Waals surface area contributed by atoms with Gasteiger partial charge in [0.2, 0.25) is 0 Å². The number of ether oxygens (including phenoxy) is 1. The van der Waals surface area contributed by atoms with Gasteiger partial charge in [0.1, 0.15) is 0 Å². The van der Waals surface area contributed by atoms with Crippen LogP contribution in [0.2, 0.25) is 0 Å². The van der Waals surface area contributed by atoms with E-state index in [-0.39, 0.29) is 6.61 Å². The van der Waals surface area contributed by atoms with E-state index in [1.807, 2.05) is 25.1 Å². The van der Waals surface area contributed by atoms with E-state index in [2.05, 4.69) is 10.1 Å². The Bertz CT molecular complexity index is 593. The highest BCUT2D eigenvalue weighted by Gasteiger charge is 2.20. The van der Waals surface area contributed by atoms with Gasteiger partial charge < -0.3 is 10.5 Å². The van der Waals surface area contributed by atoms with Gasteiger partial charge in [-0.3, -0.25) is 9.67 Å². The van der Waals surface area contributed by atoms with E-state index in [1.54, 1.807) is 13.2 Å². The first-order valence-electron chi connectivity index (χ1n) is 6.51. The van der Waals surface area contributed by atoms with E-state index in [0.717, 1.165) is 5.69 Å². The molecule has 20 heavy (non-hydrogen) atoms. The minimum absolute atomic E-state index is 0.266. The fourth-order valence-electron chi connectivity index (χ4n) is 1.96. The van der Waals surface area contributed by atoms with Crippen LogP contribution in [-0.4, -0.2) is 27.3 Å². The van der Waals surface area contributed by atoms with Crippen molar-refractivity contribution < 1.29 is 9.53 Å². The summed E-state index contributed by atoms with van der Waals surface area (Å²) in [5, 5.41) is 4.19. The van der Waals surface area contributed by atoms with Crippen LogP contribution >= 0.6 is 0 Å². The Hall–Kier alpha value is -2.37. The van der Waals surface area contributed by atoms with E-state index >= 15 is 0 Å². The molecule has 6 nitrogen and oxygen atoms in total. The van der Waals surface area contributed by atoms with E-state index in [1.165, 1.54) is 4.68 Å². The van der Waals surface area contributed by atoms with Crippen molar-refractivity contribution >= 4 is 11.7 Å². The lowest BCUT2D eigenvalue weighted by atomic mass is 10.2. The number of carbonyl (C=O) groups excluding carboxylic acids is 1. The van der Waals surface area contributed by atoms with Gasteiger partial charge in [0.15, 0.2) is 5.69 Å².